The molecule has 0 amide bonds. The second kappa shape index (κ2) is 4.91. The first-order valence-corrected chi connectivity index (χ1v) is 6.54. The van der Waals surface area contributed by atoms with E-state index in [4.69, 9.17) is 0 Å². The molecule has 0 saturated carbocycles. The van der Waals surface area contributed by atoms with Gasteiger partial charge in [-0.15, -0.1) is 0 Å². The van der Waals surface area contributed by atoms with Crippen LogP contribution in [0, 0.1) is 12.8 Å². The van der Waals surface area contributed by atoms with Gasteiger partial charge in [0.2, 0.25) is 0 Å². The summed E-state index contributed by atoms with van der Waals surface area (Å²) in [5.41, 5.74) is 2.45. The molecule has 1 atom stereocenters. The Balaban J connectivity index is 1.90. The van der Waals surface area contributed by atoms with Gasteiger partial charge in [0.1, 0.15) is 0 Å². The van der Waals surface area contributed by atoms with Gasteiger partial charge in [0.15, 0.2) is 5.17 Å². The zero-order valence-electron chi connectivity index (χ0n) is 10.0. The molecule has 0 fully saturated rings. The predicted molar refractivity (Wildman–Crippen MR) is 68.7 cm³/mol. The molecule has 4 nitrogen and oxygen atoms in total. The van der Waals surface area contributed by atoms with Crippen LogP contribution in [0.15, 0.2) is 11.2 Å². The third kappa shape index (κ3) is 2.58. The van der Waals surface area contributed by atoms with Crippen LogP contribution in [-0.4, -0.2) is 27.2 Å². The second-order valence-electron chi connectivity index (χ2n) is 4.29. The largest absolute Gasteiger partial charge is 0.361 e. The van der Waals surface area contributed by atoms with Gasteiger partial charge >= 0.3 is 0 Å². The van der Waals surface area contributed by atoms with Crippen LogP contribution in [0.5, 0.6) is 0 Å². The summed E-state index contributed by atoms with van der Waals surface area (Å²) in [6, 6.07) is 0. The Labute approximate surface area is 101 Å². The molecule has 1 aliphatic heterocycles. The van der Waals surface area contributed by atoms with Gasteiger partial charge in [-0.25, -0.2) is 0 Å². The van der Waals surface area contributed by atoms with Crippen molar-refractivity contribution in [3.8, 4) is 0 Å². The summed E-state index contributed by atoms with van der Waals surface area (Å²) < 4.78 is 1.90. The number of aromatic nitrogens is 2. The first-order valence-electron chi connectivity index (χ1n) is 5.55. The molecule has 0 radical (unpaired) electrons. The summed E-state index contributed by atoms with van der Waals surface area (Å²) in [5, 5.41) is 8.66. The Bertz CT molecular complexity index is 397. The molecule has 0 saturated heterocycles. The third-order valence-electron chi connectivity index (χ3n) is 2.82. The highest BCUT2D eigenvalue weighted by molar-refractivity contribution is 8.13. The Morgan fingerprint density at radius 2 is 2.44 bits per heavy atom. The lowest BCUT2D eigenvalue weighted by Crippen LogP contribution is -2.25. The average molecular weight is 238 g/mol. The molecule has 1 N–H and O–H groups in total. The number of hydrogen-bond acceptors (Lipinski definition) is 4. The summed E-state index contributed by atoms with van der Waals surface area (Å²) in [5.74, 6) is 1.87. The van der Waals surface area contributed by atoms with E-state index in [9.17, 15) is 0 Å². The summed E-state index contributed by atoms with van der Waals surface area (Å²) in [7, 11) is 1.97. The van der Waals surface area contributed by atoms with Crippen LogP contribution < -0.4 is 5.32 Å². The van der Waals surface area contributed by atoms with E-state index in [0.29, 0.717) is 5.92 Å². The van der Waals surface area contributed by atoms with E-state index in [1.54, 1.807) is 0 Å². The van der Waals surface area contributed by atoms with Crippen molar-refractivity contribution >= 4 is 16.9 Å². The fourth-order valence-corrected chi connectivity index (χ4v) is 2.44. The minimum absolute atomic E-state index is 0.704. The maximum absolute atomic E-state index is 4.50. The minimum Gasteiger partial charge on any atom is -0.361 e. The zero-order chi connectivity index (χ0) is 11.5. The quantitative estimate of drug-likeness (QED) is 0.850. The Hall–Kier alpha value is -0.970. The van der Waals surface area contributed by atoms with E-state index in [1.165, 1.54) is 11.3 Å². The number of nitrogens with one attached hydrogen (secondary N) is 1. The molecule has 1 aromatic rings. The third-order valence-corrected chi connectivity index (χ3v) is 4.10. The van der Waals surface area contributed by atoms with E-state index < -0.39 is 0 Å². The number of hydrogen-bond donors (Lipinski definition) is 1. The minimum atomic E-state index is 0.704. The van der Waals surface area contributed by atoms with E-state index in [0.717, 1.165) is 24.0 Å². The second-order valence-corrected chi connectivity index (χ2v) is 5.30. The average Bonchev–Trinajstić information content (AvgIpc) is 2.60. The predicted octanol–water partition coefficient (Wildman–Crippen LogP) is 1.56. The van der Waals surface area contributed by atoms with Crippen molar-refractivity contribution in [3.05, 3.63) is 17.5 Å². The van der Waals surface area contributed by atoms with Crippen LogP contribution in [0.1, 0.15) is 18.2 Å². The normalized spacial score (nSPS) is 20.7. The Morgan fingerprint density at radius 1 is 1.62 bits per heavy atom. The topological polar surface area (TPSA) is 42.2 Å². The SMILES string of the molecule is Cc1c(CNC2=NCC(C)CS2)cnn1C. The molecule has 2 rings (SSSR count). The van der Waals surface area contributed by atoms with Crippen LogP contribution in [0.4, 0.5) is 0 Å². The molecular formula is C11H18N4S. The van der Waals surface area contributed by atoms with E-state index in [1.807, 2.05) is 29.7 Å². The monoisotopic (exact) mass is 238 g/mol. The number of amidine groups is 1. The molecule has 2 heterocycles. The summed E-state index contributed by atoms with van der Waals surface area (Å²) in [6.45, 7) is 6.09. The Kier molecular flexibility index (Phi) is 3.53. The molecule has 16 heavy (non-hydrogen) atoms. The van der Waals surface area contributed by atoms with Crippen LogP contribution in [0.2, 0.25) is 0 Å². The van der Waals surface area contributed by atoms with Gasteiger partial charge in [-0.05, 0) is 12.8 Å². The lowest BCUT2D eigenvalue weighted by molar-refractivity contribution is 0.669. The van der Waals surface area contributed by atoms with E-state index in [2.05, 4.69) is 29.3 Å². The van der Waals surface area contributed by atoms with Gasteiger partial charge in [-0.2, -0.15) is 5.10 Å². The summed E-state index contributed by atoms with van der Waals surface area (Å²) >= 11 is 1.81. The molecular weight excluding hydrogens is 220 g/mol. The molecule has 5 heteroatoms. The molecule has 0 bridgehead atoms. The molecule has 88 valence electrons. The van der Waals surface area contributed by atoms with Crippen molar-refractivity contribution in [3.63, 3.8) is 0 Å². The van der Waals surface area contributed by atoms with Gasteiger partial charge in [-0.1, -0.05) is 18.7 Å². The highest BCUT2D eigenvalue weighted by Crippen LogP contribution is 2.16. The molecule has 1 unspecified atom stereocenters. The van der Waals surface area contributed by atoms with Crippen molar-refractivity contribution in [1.29, 1.82) is 0 Å². The highest BCUT2D eigenvalue weighted by Gasteiger charge is 2.12. The van der Waals surface area contributed by atoms with Crippen molar-refractivity contribution in [2.45, 2.75) is 20.4 Å². The van der Waals surface area contributed by atoms with Crippen molar-refractivity contribution in [2.24, 2.45) is 18.0 Å². The summed E-state index contributed by atoms with van der Waals surface area (Å²) in [4.78, 5) is 4.50. The molecule has 0 aliphatic carbocycles. The van der Waals surface area contributed by atoms with Gasteiger partial charge in [0.25, 0.3) is 0 Å². The van der Waals surface area contributed by atoms with Crippen LogP contribution >= 0.6 is 11.8 Å². The first-order chi connectivity index (χ1) is 7.66. The van der Waals surface area contributed by atoms with Crippen LogP contribution in [0.25, 0.3) is 0 Å². The maximum atomic E-state index is 4.50. The highest BCUT2D eigenvalue weighted by atomic mass is 32.2. The van der Waals surface area contributed by atoms with Gasteiger partial charge in [0.05, 0.1) is 6.20 Å². The van der Waals surface area contributed by atoms with Crippen molar-refractivity contribution in [2.75, 3.05) is 12.3 Å². The van der Waals surface area contributed by atoms with E-state index >= 15 is 0 Å². The smallest absolute Gasteiger partial charge is 0.156 e. The van der Waals surface area contributed by atoms with Gasteiger partial charge < -0.3 is 5.32 Å². The van der Waals surface area contributed by atoms with E-state index in [-0.39, 0.29) is 0 Å². The fraction of sp³-hybridized carbons (Fsp3) is 0.636. The number of aryl methyl sites for hydroxylation is 1. The number of nitrogens with zero attached hydrogens (tertiary/aromatic N) is 3. The fourth-order valence-electron chi connectivity index (χ4n) is 1.55. The molecule has 0 aromatic carbocycles. The molecule has 0 spiro atoms. The van der Waals surface area contributed by atoms with Crippen molar-refractivity contribution < 1.29 is 0 Å². The number of rotatable bonds is 2. The number of aliphatic imine (C=N–C) groups is 1. The van der Waals surface area contributed by atoms with Gasteiger partial charge in [0, 0.05) is 37.1 Å². The van der Waals surface area contributed by atoms with Crippen molar-refractivity contribution in [1.82, 2.24) is 15.1 Å². The lowest BCUT2D eigenvalue weighted by Gasteiger charge is -2.17. The maximum Gasteiger partial charge on any atom is 0.156 e. The first kappa shape index (κ1) is 11.5. The standard InChI is InChI=1S/C11H18N4S/c1-8-4-12-11(16-7-8)13-5-10-6-14-15(3)9(10)2/h6,8H,4-5,7H2,1-3H3,(H,12,13). The van der Waals surface area contributed by atoms with Crippen LogP contribution in [-0.2, 0) is 13.6 Å². The lowest BCUT2D eigenvalue weighted by atomic mass is 10.2. The zero-order valence-corrected chi connectivity index (χ0v) is 10.8. The summed E-state index contributed by atoms with van der Waals surface area (Å²) in [6.07, 6.45) is 1.92. The molecule has 1 aromatic heterocycles. The molecule has 1 aliphatic rings. The Morgan fingerprint density at radius 3 is 3.00 bits per heavy atom. The number of thioether (sulfide) groups is 1. The van der Waals surface area contributed by atoms with Gasteiger partial charge in [-0.3, -0.25) is 9.67 Å². The van der Waals surface area contributed by atoms with Crippen LogP contribution in [0.3, 0.4) is 0 Å².